The van der Waals surface area contributed by atoms with E-state index < -0.39 is 8.07 Å². The van der Waals surface area contributed by atoms with Gasteiger partial charge < -0.3 is 5.73 Å². The lowest BCUT2D eigenvalue weighted by Crippen LogP contribution is -2.16. The smallest absolute Gasteiger partial charge is 0.150 e. The molecule has 0 aliphatic heterocycles. The molecule has 2 N–H and O–H groups in total. The van der Waals surface area contributed by atoms with E-state index in [9.17, 15) is 4.79 Å². The molecule has 84 valence electrons. The van der Waals surface area contributed by atoms with Crippen LogP contribution in [0.2, 0.25) is 19.6 Å². The minimum Gasteiger partial charge on any atom is -0.398 e. The van der Waals surface area contributed by atoms with Crippen LogP contribution in [0.25, 0.3) is 0 Å². The Morgan fingerprint density at radius 2 is 1.94 bits per heavy atom. The van der Waals surface area contributed by atoms with Gasteiger partial charge in [0, 0.05) is 16.8 Å². The number of carbonyl (C=O) groups excluding carboxylic acids is 1. The fourth-order valence-electron chi connectivity index (χ4n) is 1.21. The Hall–Kier alpha value is -1.53. The monoisotopic (exact) mass is 231 g/mol. The topological polar surface area (TPSA) is 43.1 Å². The normalized spacial score (nSPS) is 10.5. The Balaban J connectivity index is 3.26. The molecule has 1 aromatic rings. The number of rotatable bonds is 1. The molecule has 3 heteroatoms. The van der Waals surface area contributed by atoms with Crippen LogP contribution < -0.4 is 5.73 Å². The van der Waals surface area contributed by atoms with Crippen molar-refractivity contribution in [3.8, 4) is 11.5 Å². The fraction of sp³-hybridized carbons (Fsp3) is 0.308. The molecule has 0 bridgehead atoms. The highest BCUT2D eigenvalue weighted by molar-refractivity contribution is 6.83. The van der Waals surface area contributed by atoms with Crippen LogP contribution in [0, 0.1) is 18.4 Å². The van der Waals surface area contributed by atoms with E-state index in [0.29, 0.717) is 11.3 Å². The first kappa shape index (κ1) is 12.5. The van der Waals surface area contributed by atoms with Gasteiger partial charge in [0.1, 0.15) is 14.4 Å². The third-order valence-electron chi connectivity index (χ3n) is 2.18. The molecule has 2 nitrogen and oxygen atoms in total. The lowest BCUT2D eigenvalue weighted by atomic mass is 10.0. The van der Waals surface area contributed by atoms with Crippen LogP contribution in [-0.2, 0) is 0 Å². The molecule has 0 heterocycles. The van der Waals surface area contributed by atoms with Crippen molar-refractivity contribution in [1.29, 1.82) is 0 Å². The van der Waals surface area contributed by atoms with Gasteiger partial charge in [0.2, 0.25) is 0 Å². The molecular weight excluding hydrogens is 214 g/mol. The van der Waals surface area contributed by atoms with Crippen LogP contribution in [0.3, 0.4) is 0 Å². The van der Waals surface area contributed by atoms with Gasteiger partial charge in [-0.3, -0.25) is 4.79 Å². The highest BCUT2D eigenvalue weighted by Gasteiger charge is 2.08. The SMILES string of the molecule is Cc1c(N)cc(C=O)cc1C#C[Si](C)(C)C. The standard InChI is InChI=1S/C13H17NOSi/c1-10-12(5-6-16(2,3)4)7-11(9-15)8-13(10)14/h7-9H,14H2,1-4H3. The number of benzene rings is 1. The summed E-state index contributed by atoms with van der Waals surface area (Å²) in [5, 5.41) is 0. The molecule has 0 aliphatic rings. The number of hydrogen-bond acceptors (Lipinski definition) is 2. The molecule has 0 unspecified atom stereocenters. The first-order valence-electron chi connectivity index (χ1n) is 5.22. The van der Waals surface area contributed by atoms with Crippen molar-refractivity contribution < 1.29 is 4.79 Å². The van der Waals surface area contributed by atoms with Gasteiger partial charge in [-0.2, -0.15) is 0 Å². The van der Waals surface area contributed by atoms with E-state index in [4.69, 9.17) is 5.73 Å². The molecule has 0 spiro atoms. The van der Waals surface area contributed by atoms with Gasteiger partial charge in [0.25, 0.3) is 0 Å². The first-order chi connectivity index (χ1) is 7.33. The molecule has 16 heavy (non-hydrogen) atoms. The predicted molar refractivity (Wildman–Crippen MR) is 71.2 cm³/mol. The largest absolute Gasteiger partial charge is 0.398 e. The van der Waals surface area contributed by atoms with Crippen molar-refractivity contribution in [3.05, 3.63) is 28.8 Å². The molecule has 1 rings (SSSR count). The number of nitrogens with two attached hydrogens (primary N) is 1. The molecule has 0 aromatic heterocycles. The third-order valence-corrected chi connectivity index (χ3v) is 3.05. The molecule has 1 aromatic carbocycles. The second-order valence-electron chi connectivity index (χ2n) is 4.90. The van der Waals surface area contributed by atoms with Crippen LogP contribution in [0.15, 0.2) is 12.1 Å². The molecule has 0 fully saturated rings. The van der Waals surface area contributed by atoms with Gasteiger partial charge in [-0.1, -0.05) is 25.6 Å². The van der Waals surface area contributed by atoms with E-state index in [1.165, 1.54) is 0 Å². The van der Waals surface area contributed by atoms with Crippen molar-refractivity contribution in [2.24, 2.45) is 0 Å². The van der Waals surface area contributed by atoms with Crippen molar-refractivity contribution >= 4 is 20.0 Å². The third kappa shape index (κ3) is 3.25. The Morgan fingerprint density at radius 1 is 1.31 bits per heavy atom. The summed E-state index contributed by atoms with van der Waals surface area (Å²) < 4.78 is 0. The molecule has 0 saturated heterocycles. The highest BCUT2D eigenvalue weighted by Crippen LogP contribution is 2.17. The van der Waals surface area contributed by atoms with E-state index >= 15 is 0 Å². The highest BCUT2D eigenvalue weighted by atomic mass is 28.3. The summed E-state index contributed by atoms with van der Waals surface area (Å²) in [6, 6.07) is 3.48. The Bertz CT molecular complexity index is 475. The van der Waals surface area contributed by atoms with Crippen LogP contribution in [0.1, 0.15) is 21.5 Å². The fourth-order valence-corrected chi connectivity index (χ4v) is 1.72. The first-order valence-corrected chi connectivity index (χ1v) is 8.72. The van der Waals surface area contributed by atoms with E-state index in [2.05, 4.69) is 31.1 Å². The molecule has 0 saturated carbocycles. The molecule has 0 amide bonds. The molecule has 0 aliphatic carbocycles. The number of carbonyl (C=O) groups is 1. The van der Waals surface area contributed by atoms with Gasteiger partial charge in [-0.15, -0.1) is 5.54 Å². The number of nitrogen functional groups attached to an aromatic ring is 1. The second kappa shape index (κ2) is 4.54. The van der Waals surface area contributed by atoms with Gasteiger partial charge in [-0.05, 0) is 24.6 Å². The lowest BCUT2D eigenvalue weighted by molar-refractivity contribution is 0.112. The molecular formula is C13H17NOSi. The van der Waals surface area contributed by atoms with Gasteiger partial charge in [-0.25, -0.2) is 0 Å². The summed E-state index contributed by atoms with van der Waals surface area (Å²) in [6.45, 7) is 8.48. The predicted octanol–water partition coefficient (Wildman–Crippen LogP) is 2.62. The average Bonchev–Trinajstić information content (AvgIpc) is 2.18. The van der Waals surface area contributed by atoms with Crippen LogP contribution in [0.4, 0.5) is 5.69 Å². The Kier molecular flexibility index (Phi) is 3.56. The second-order valence-corrected chi connectivity index (χ2v) is 9.65. The van der Waals surface area contributed by atoms with Gasteiger partial charge in [0.15, 0.2) is 0 Å². The molecule has 0 radical (unpaired) electrons. The minimum absolute atomic E-state index is 0.586. The van der Waals surface area contributed by atoms with Crippen molar-refractivity contribution in [3.63, 3.8) is 0 Å². The quantitative estimate of drug-likeness (QED) is 0.349. The number of hydrogen-bond donors (Lipinski definition) is 1. The van der Waals surface area contributed by atoms with Gasteiger partial charge in [0.05, 0.1) is 0 Å². The van der Waals surface area contributed by atoms with Crippen molar-refractivity contribution in [1.82, 2.24) is 0 Å². The maximum absolute atomic E-state index is 10.7. The van der Waals surface area contributed by atoms with Crippen molar-refractivity contribution in [2.75, 3.05) is 5.73 Å². The minimum atomic E-state index is -1.40. The van der Waals surface area contributed by atoms with E-state index in [1.807, 2.05) is 6.92 Å². The number of anilines is 1. The average molecular weight is 231 g/mol. The Morgan fingerprint density at radius 3 is 2.44 bits per heavy atom. The summed E-state index contributed by atoms with van der Waals surface area (Å²) >= 11 is 0. The summed E-state index contributed by atoms with van der Waals surface area (Å²) in [6.07, 6.45) is 0.801. The maximum Gasteiger partial charge on any atom is 0.150 e. The van der Waals surface area contributed by atoms with Crippen LogP contribution >= 0.6 is 0 Å². The zero-order chi connectivity index (χ0) is 12.3. The lowest BCUT2D eigenvalue weighted by Gasteiger charge is -2.06. The summed E-state index contributed by atoms with van der Waals surface area (Å²) in [4.78, 5) is 10.7. The maximum atomic E-state index is 10.7. The van der Waals surface area contributed by atoms with Crippen LogP contribution in [0.5, 0.6) is 0 Å². The summed E-state index contributed by atoms with van der Waals surface area (Å²) in [7, 11) is -1.40. The number of aldehydes is 1. The summed E-state index contributed by atoms with van der Waals surface area (Å²) in [5.74, 6) is 3.14. The summed E-state index contributed by atoms with van der Waals surface area (Å²) in [5.41, 5.74) is 12.1. The van der Waals surface area contributed by atoms with E-state index in [1.54, 1.807) is 12.1 Å². The Labute approximate surface area is 97.9 Å². The van der Waals surface area contributed by atoms with E-state index in [0.717, 1.165) is 17.4 Å². The van der Waals surface area contributed by atoms with Crippen LogP contribution in [-0.4, -0.2) is 14.4 Å². The zero-order valence-corrected chi connectivity index (χ0v) is 11.2. The van der Waals surface area contributed by atoms with Gasteiger partial charge >= 0.3 is 0 Å². The molecule has 0 atom stereocenters. The van der Waals surface area contributed by atoms with Crippen molar-refractivity contribution in [2.45, 2.75) is 26.6 Å². The van der Waals surface area contributed by atoms with E-state index in [-0.39, 0.29) is 0 Å². The zero-order valence-electron chi connectivity index (χ0n) is 10.2.